The first kappa shape index (κ1) is 66.9. The number of cyclic esters (lactones) is 4. The minimum Gasteiger partial charge on any atom is -0.465 e. The lowest BCUT2D eigenvalue weighted by molar-refractivity contribution is -0.178. The van der Waals surface area contributed by atoms with E-state index in [9.17, 15) is 38.4 Å². The average molecular weight is 1360 g/mol. The van der Waals surface area contributed by atoms with Crippen molar-refractivity contribution >= 4 is 47.8 Å². The van der Waals surface area contributed by atoms with Crippen LogP contribution in [0.1, 0.15) is 173 Å². The molecule has 4 aliphatic heterocycles. The standard InChI is InChI=1S/C21H30O5.C21H30O4.C20H28O4.C19H26O4/c1-5-21(2,3)20(23)26-18-12-7-11(17(18)24-4)14-9-6-10(15(12)14)16-13(9)8-25-19(16)22;1-5-21(3,4)20(23)25-18-9(2)10-6-13(18)16-12-7-11(15(10)16)14-8-24-19(22)17(12)14;1-4-20(2,3)19(22)24-14-6-9-5-11(14)16-10-7-12(15(9)16)17-13(10)8-23-18(17)21;1-3-8(2)18(20)23-14-5-9-4-11(14)16-10-6-12(15(9)16)17-13(10)7-22-19(17)21/h9-18H,5-8H2,1-4H3;9-18H,5-8H2,1-4H3;9-17H,4-8H2,1-3H3;8-17H,3-7H2,1-2H3. The van der Waals surface area contributed by atoms with Crippen LogP contribution in [0.25, 0.3) is 0 Å². The molecule has 4 saturated heterocycles. The minimum absolute atomic E-state index is 0.00804. The molecule has 16 saturated carbocycles. The molecule has 98 heavy (non-hydrogen) atoms. The number of fused-ring (bicyclic) bond motifs is 48. The summed E-state index contributed by atoms with van der Waals surface area (Å²) in [7, 11) is 1.75. The first-order valence-corrected chi connectivity index (χ1v) is 39.8. The summed E-state index contributed by atoms with van der Waals surface area (Å²) in [6.07, 6.45) is 14.9. The predicted octanol–water partition coefficient (Wildman–Crippen LogP) is 11.7. The molecular weight excluding hydrogens is 1240 g/mol. The van der Waals surface area contributed by atoms with E-state index in [1.54, 1.807) is 7.11 Å². The second-order valence-corrected chi connectivity index (χ2v) is 38.3. The zero-order valence-electron chi connectivity index (χ0n) is 60.7. The quantitative estimate of drug-likeness (QED) is 0.0950. The fourth-order valence-electron chi connectivity index (χ4n) is 29.1. The van der Waals surface area contributed by atoms with Crippen LogP contribution in [0.5, 0.6) is 0 Å². The number of carbonyl (C=O) groups is 8. The third-order valence-corrected chi connectivity index (χ3v) is 34.3. The number of esters is 8. The van der Waals surface area contributed by atoms with Crippen molar-refractivity contribution in [1.29, 1.82) is 0 Å². The van der Waals surface area contributed by atoms with E-state index in [4.69, 9.17) is 42.6 Å². The summed E-state index contributed by atoms with van der Waals surface area (Å²) in [5.41, 5.74) is -1.25. The van der Waals surface area contributed by atoms with E-state index in [1.165, 1.54) is 38.5 Å². The largest absolute Gasteiger partial charge is 0.465 e. The molecule has 0 aromatic carbocycles. The fraction of sp³-hybridized carbons (Fsp3) is 0.901. The van der Waals surface area contributed by atoms with E-state index in [1.807, 2.05) is 76.2 Å². The normalized spacial score (nSPS) is 51.7. The fourth-order valence-corrected chi connectivity index (χ4v) is 29.1. The molecule has 0 N–H and O–H groups in total. The second-order valence-electron chi connectivity index (χ2n) is 38.3. The highest BCUT2D eigenvalue weighted by atomic mass is 16.6. The first-order valence-electron chi connectivity index (χ1n) is 39.8. The molecule has 0 radical (unpaired) electrons. The molecule has 4 heterocycles. The lowest BCUT2D eigenvalue weighted by Crippen LogP contribution is -2.50. The van der Waals surface area contributed by atoms with Crippen molar-refractivity contribution in [3.8, 4) is 0 Å². The molecule has 20 rings (SSSR count). The van der Waals surface area contributed by atoms with Crippen LogP contribution in [0.2, 0.25) is 0 Å². The van der Waals surface area contributed by atoms with Crippen LogP contribution >= 0.6 is 0 Å². The lowest BCUT2D eigenvalue weighted by atomic mass is 9.61. The van der Waals surface area contributed by atoms with Crippen LogP contribution in [0.3, 0.4) is 0 Å². The van der Waals surface area contributed by atoms with Crippen molar-refractivity contribution in [2.24, 2.45) is 217 Å². The summed E-state index contributed by atoms with van der Waals surface area (Å²) in [4.78, 5) is 98.8. The number of hydrogen-bond donors (Lipinski definition) is 0. The lowest BCUT2D eigenvalue weighted by Gasteiger charge is -2.44. The Bertz CT molecular complexity index is 3260. The van der Waals surface area contributed by atoms with Gasteiger partial charge < -0.3 is 42.6 Å². The molecular formula is C81H114O17. The summed E-state index contributed by atoms with van der Waals surface area (Å²) >= 11 is 0. The van der Waals surface area contributed by atoms with Gasteiger partial charge in [-0.05, 0) is 273 Å². The topological polar surface area (TPSA) is 220 Å². The van der Waals surface area contributed by atoms with Gasteiger partial charge in [0.1, 0.15) is 24.4 Å². The Morgan fingerprint density at radius 2 is 0.694 bits per heavy atom. The summed E-state index contributed by atoms with van der Waals surface area (Å²) in [5.74, 6) is 17.1. The van der Waals surface area contributed by atoms with Gasteiger partial charge in [0, 0.05) is 36.7 Å². The van der Waals surface area contributed by atoms with E-state index >= 15 is 0 Å². The first-order chi connectivity index (χ1) is 46.7. The summed E-state index contributed by atoms with van der Waals surface area (Å²) in [6.45, 7) is 26.8. The molecule has 0 aromatic rings. The molecule has 0 amide bonds. The van der Waals surface area contributed by atoms with Crippen LogP contribution in [0.15, 0.2) is 0 Å². The van der Waals surface area contributed by atoms with E-state index < -0.39 is 10.8 Å². The molecule has 16 aliphatic carbocycles. The smallest absolute Gasteiger partial charge is 0.311 e. The number of methoxy groups -OCH3 is 1. The van der Waals surface area contributed by atoms with Gasteiger partial charge in [0.05, 0.1) is 78.4 Å². The Morgan fingerprint density at radius 1 is 0.378 bits per heavy atom. The van der Waals surface area contributed by atoms with Gasteiger partial charge in [-0.2, -0.15) is 0 Å². The van der Waals surface area contributed by atoms with Crippen molar-refractivity contribution in [3.63, 3.8) is 0 Å². The zero-order valence-corrected chi connectivity index (χ0v) is 60.7. The van der Waals surface area contributed by atoms with E-state index in [0.717, 1.165) is 57.3 Å². The second kappa shape index (κ2) is 23.6. The summed E-state index contributed by atoms with van der Waals surface area (Å²) in [5, 5.41) is 0. The van der Waals surface area contributed by atoms with Crippen molar-refractivity contribution in [3.05, 3.63) is 0 Å². The molecule has 540 valence electrons. The molecule has 20 aliphatic rings. The van der Waals surface area contributed by atoms with Crippen molar-refractivity contribution in [2.75, 3.05) is 33.5 Å². The molecule has 17 nitrogen and oxygen atoms in total. The molecule has 39 unspecified atom stereocenters. The van der Waals surface area contributed by atoms with E-state index in [0.29, 0.717) is 192 Å². The maximum atomic E-state index is 12.7. The Hall–Kier alpha value is -4.28. The van der Waals surface area contributed by atoms with Crippen LogP contribution in [-0.4, -0.2) is 112 Å². The Balaban J connectivity index is 0.0000000983. The predicted molar refractivity (Wildman–Crippen MR) is 353 cm³/mol. The average Bonchev–Trinajstić information content (AvgIpc) is 1.55. The number of carbonyl (C=O) groups excluding carboxylic acids is 8. The number of hydrogen-bond acceptors (Lipinski definition) is 17. The highest BCUT2D eigenvalue weighted by molar-refractivity contribution is 5.80. The third kappa shape index (κ3) is 9.44. The van der Waals surface area contributed by atoms with Gasteiger partial charge in [-0.1, -0.05) is 41.5 Å². The summed E-state index contributed by atoms with van der Waals surface area (Å²) in [6, 6.07) is 0. The summed E-state index contributed by atoms with van der Waals surface area (Å²) < 4.78 is 51.6. The van der Waals surface area contributed by atoms with Crippen LogP contribution in [0.4, 0.5) is 0 Å². The number of ether oxygens (including phenoxy) is 9. The van der Waals surface area contributed by atoms with Crippen LogP contribution in [0, 0.1) is 217 Å². The van der Waals surface area contributed by atoms with Crippen LogP contribution in [-0.2, 0) is 81.0 Å². The van der Waals surface area contributed by atoms with E-state index in [2.05, 4.69) is 6.92 Å². The molecule has 20 fully saturated rings. The van der Waals surface area contributed by atoms with Gasteiger partial charge >= 0.3 is 47.8 Å². The minimum atomic E-state index is -0.464. The van der Waals surface area contributed by atoms with Gasteiger partial charge in [-0.15, -0.1) is 0 Å². The maximum absolute atomic E-state index is 12.7. The highest BCUT2D eigenvalue weighted by Crippen LogP contribution is 2.76. The third-order valence-electron chi connectivity index (χ3n) is 34.3. The van der Waals surface area contributed by atoms with Gasteiger partial charge in [0.15, 0.2) is 0 Å². The van der Waals surface area contributed by atoms with Gasteiger partial charge in [-0.25, -0.2) is 0 Å². The highest BCUT2D eigenvalue weighted by Gasteiger charge is 2.77. The Kier molecular flexibility index (Phi) is 16.1. The SMILES string of the molecule is CCC(C)(C)C(=O)OC1C(C)C2CC1C1C3CC(C4COC(=O)C43)C21.CCC(C)(C)C(=O)OC1C2CC(C1OC)C1C3CC(C4C(=O)OCC34)C21.CCC(C)(C)C(=O)OC1CC2CC1C1C3CC(C4C(=O)OCC34)C21.CCC(C)C(=O)OC1CC2CC1C1C3CC(C4C(=O)OCC34)C21. The molecule has 0 aromatic heterocycles. The zero-order chi connectivity index (χ0) is 68.7. The van der Waals surface area contributed by atoms with E-state index in [-0.39, 0.29) is 113 Å². The molecule has 0 spiro atoms. The Morgan fingerprint density at radius 3 is 1.09 bits per heavy atom. The van der Waals surface area contributed by atoms with Crippen molar-refractivity contribution in [1.82, 2.24) is 0 Å². The van der Waals surface area contributed by atoms with Crippen molar-refractivity contribution < 1.29 is 81.0 Å². The van der Waals surface area contributed by atoms with Gasteiger partial charge in [0.2, 0.25) is 0 Å². The molecule has 17 heteroatoms. The van der Waals surface area contributed by atoms with Crippen molar-refractivity contribution in [2.45, 2.75) is 203 Å². The van der Waals surface area contributed by atoms with Crippen LogP contribution < -0.4 is 0 Å². The Labute approximate surface area is 580 Å². The van der Waals surface area contributed by atoms with Gasteiger partial charge in [-0.3, -0.25) is 38.4 Å². The monoisotopic (exact) mass is 1360 g/mol. The maximum Gasteiger partial charge on any atom is 0.311 e. The number of rotatable bonds is 13. The van der Waals surface area contributed by atoms with Gasteiger partial charge in [0.25, 0.3) is 0 Å². The molecule has 39 atom stereocenters. The molecule has 16 bridgehead atoms.